The number of ether oxygens (including phenoxy) is 1. The van der Waals surface area contributed by atoms with Gasteiger partial charge in [-0.2, -0.15) is 0 Å². The van der Waals surface area contributed by atoms with Crippen molar-refractivity contribution in [2.45, 2.75) is 30.2 Å². The van der Waals surface area contributed by atoms with Gasteiger partial charge in [0.2, 0.25) is 11.0 Å². The van der Waals surface area contributed by atoms with E-state index in [9.17, 15) is 4.79 Å². The normalized spacial score (nSPS) is 16.8. The number of nitrogens with one attached hydrogen (secondary N) is 2. The number of benzene rings is 1. The Balaban J connectivity index is 1.45. The molecule has 9 heteroatoms. The van der Waals surface area contributed by atoms with E-state index in [0.717, 1.165) is 46.7 Å². The Hall–Kier alpha value is -1.35. The fourth-order valence-electron chi connectivity index (χ4n) is 2.40. The first-order chi connectivity index (χ1) is 12.1. The van der Waals surface area contributed by atoms with Crippen LogP contribution in [0.25, 0.3) is 0 Å². The molecular formula is C16H19ClN4O2S2. The van der Waals surface area contributed by atoms with Crippen LogP contribution in [0.5, 0.6) is 0 Å². The summed E-state index contributed by atoms with van der Waals surface area (Å²) in [6.45, 7) is 3.46. The van der Waals surface area contributed by atoms with Gasteiger partial charge in [-0.1, -0.05) is 40.8 Å². The first kappa shape index (κ1) is 18.4. The average molecular weight is 399 g/mol. The highest BCUT2D eigenvalue weighted by Crippen LogP contribution is 2.27. The summed E-state index contributed by atoms with van der Waals surface area (Å²) in [5.41, 5.74) is 1.59. The van der Waals surface area contributed by atoms with Gasteiger partial charge in [0.15, 0.2) is 4.34 Å². The highest BCUT2D eigenvalue weighted by atomic mass is 35.5. The number of thioether (sulfide) groups is 1. The Morgan fingerprint density at radius 2 is 2.36 bits per heavy atom. The van der Waals surface area contributed by atoms with Gasteiger partial charge < -0.3 is 15.4 Å². The van der Waals surface area contributed by atoms with E-state index in [4.69, 9.17) is 16.3 Å². The minimum Gasteiger partial charge on any atom is -0.376 e. The monoisotopic (exact) mass is 398 g/mol. The van der Waals surface area contributed by atoms with E-state index in [1.165, 1.54) is 23.1 Å². The molecular weight excluding hydrogens is 380 g/mol. The highest BCUT2D eigenvalue weighted by Gasteiger charge is 2.16. The number of halogens is 1. The molecule has 1 fully saturated rings. The number of nitrogens with zero attached hydrogens (tertiary/aromatic N) is 2. The van der Waals surface area contributed by atoms with E-state index in [0.29, 0.717) is 5.02 Å². The fourth-order valence-corrected chi connectivity index (χ4v) is 4.14. The minimum atomic E-state index is -0.0977. The predicted molar refractivity (Wildman–Crippen MR) is 103 cm³/mol. The average Bonchev–Trinajstić information content (AvgIpc) is 3.27. The molecule has 0 radical (unpaired) electrons. The molecule has 1 unspecified atom stereocenters. The van der Waals surface area contributed by atoms with Crippen LogP contribution in [0.15, 0.2) is 22.5 Å². The summed E-state index contributed by atoms with van der Waals surface area (Å²) in [6, 6.07) is 5.45. The maximum atomic E-state index is 12.1. The number of hydrogen-bond acceptors (Lipinski definition) is 7. The van der Waals surface area contributed by atoms with Crippen LogP contribution in [0.4, 0.5) is 10.8 Å². The first-order valence-corrected chi connectivity index (χ1v) is 10.2. The Bertz CT molecular complexity index is 735. The van der Waals surface area contributed by atoms with Crippen LogP contribution in [-0.4, -0.2) is 41.1 Å². The topological polar surface area (TPSA) is 76.1 Å². The SMILES string of the molecule is Cc1c(Cl)cccc1NC(=O)CSc1nnc(NCC2CCCO2)s1. The second-order valence-corrected chi connectivity index (χ2v) is 8.25. The van der Waals surface area contributed by atoms with Crippen LogP contribution in [0.2, 0.25) is 5.02 Å². The third-order valence-electron chi connectivity index (χ3n) is 3.78. The van der Waals surface area contributed by atoms with E-state index < -0.39 is 0 Å². The van der Waals surface area contributed by atoms with Gasteiger partial charge in [0.05, 0.1) is 11.9 Å². The minimum absolute atomic E-state index is 0.0977. The Morgan fingerprint density at radius 3 is 3.16 bits per heavy atom. The van der Waals surface area contributed by atoms with E-state index in [2.05, 4.69) is 20.8 Å². The molecule has 1 amide bonds. The summed E-state index contributed by atoms with van der Waals surface area (Å²) in [5.74, 6) is 0.172. The molecule has 0 spiro atoms. The molecule has 3 rings (SSSR count). The smallest absolute Gasteiger partial charge is 0.234 e. The second-order valence-electron chi connectivity index (χ2n) is 5.64. The summed E-state index contributed by atoms with van der Waals surface area (Å²) in [4.78, 5) is 12.1. The van der Waals surface area contributed by atoms with Crippen LogP contribution in [0.1, 0.15) is 18.4 Å². The number of carbonyl (C=O) groups is 1. The number of carbonyl (C=O) groups excluding carboxylic acids is 1. The maximum Gasteiger partial charge on any atom is 0.234 e. The molecule has 0 bridgehead atoms. The summed E-state index contributed by atoms with van der Waals surface area (Å²) in [5, 5.41) is 15.7. The van der Waals surface area contributed by atoms with Gasteiger partial charge in [-0.15, -0.1) is 10.2 Å². The van der Waals surface area contributed by atoms with Crippen molar-refractivity contribution in [3.05, 3.63) is 28.8 Å². The van der Waals surface area contributed by atoms with Crippen LogP contribution in [-0.2, 0) is 9.53 Å². The fraction of sp³-hybridized carbons (Fsp3) is 0.438. The molecule has 2 heterocycles. The predicted octanol–water partition coefficient (Wildman–Crippen LogP) is 3.82. The molecule has 0 saturated carbocycles. The lowest BCUT2D eigenvalue weighted by molar-refractivity contribution is -0.113. The lowest BCUT2D eigenvalue weighted by Crippen LogP contribution is -2.18. The zero-order valence-electron chi connectivity index (χ0n) is 13.8. The number of hydrogen-bond donors (Lipinski definition) is 2. The zero-order valence-corrected chi connectivity index (χ0v) is 16.1. The van der Waals surface area contributed by atoms with Gasteiger partial charge in [-0.25, -0.2) is 0 Å². The molecule has 2 aromatic rings. The van der Waals surface area contributed by atoms with E-state index in [-0.39, 0.29) is 17.8 Å². The van der Waals surface area contributed by atoms with Crippen molar-refractivity contribution in [2.75, 3.05) is 29.5 Å². The quantitative estimate of drug-likeness (QED) is 0.690. The van der Waals surface area contributed by atoms with Crippen LogP contribution in [0, 0.1) is 6.92 Å². The van der Waals surface area contributed by atoms with Crippen molar-refractivity contribution in [3.63, 3.8) is 0 Å². The van der Waals surface area contributed by atoms with E-state index in [1.54, 1.807) is 6.07 Å². The lowest BCUT2D eigenvalue weighted by Gasteiger charge is -2.09. The highest BCUT2D eigenvalue weighted by molar-refractivity contribution is 8.01. The van der Waals surface area contributed by atoms with Crippen LogP contribution >= 0.6 is 34.7 Å². The Morgan fingerprint density at radius 1 is 1.48 bits per heavy atom. The van der Waals surface area contributed by atoms with Gasteiger partial charge in [0.1, 0.15) is 0 Å². The Labute approximate surface area is 159 Å². The number of rotatable bonds is 7. The largest absolute Gasteiger partial charge is 0.376 e. The van der Waals surface area contributed by atoms with E-state index >= 15 is 0 Å². The number of amides is 1. The Kier molecular flexibility index (Phi) is 6.52. The van der Waals surface area contributed by atoms with Gasteiger partial charge in [0, 0.05) is 23.9 Å². The zero-order chi connectivity index (χ0) is 17.6. The molecule has 2 N–H and O–H groups in total. The third kappa shape index (κ3) is 5.31. The van der Waals surface area contributed by atoms with Gasteiger partial charge in [0.25, 0.3) is 0 Å². The summed E-state index contributed by atoms with van der Waals surface area (Å²) in [7, 11) is 0. The van der Waals surface area contributed by atoms with Crippen LogP contribution < -0.4 is 10.6 Å². The van der Waals surface area contributed by atoms with Crippen LogP contribution in [0.3, 0.4) is 0 Å². The maximum absolute atomic E-state index is 12.1. The molecule has 1 aliphatic rings. The molecule has 1 aromatic carbocycles. The number of aromatic nitrogens is 2. The molecule has 6 nitrogen and oxygen atoms in total. The molecule has 134 valence electrons. The molecule has 0 aliphatic carbocycles. The molecule has 1 atom stereocenters. The number of anilines is 2. The van der Waals surface area contributed by atoms with Gasteiger partial charge >= 0.3 is 0 Å². The summed E-state index contributed by atoms with van der Waals surface area (Å²) >= 11 is 8.87. The standard InChI is InChI=1S/C16H19ClN4O2S2/c1-10-12(17)5-2-6-13(10)19-14(22)9-24-16-21-20-15(25-16)18-8-11-4-3-7-23-11/h2,5-6,11H,3-4,7-9H2,1H3,(H,18,20)(H,19,22). The van der Waals surface area contributed by atoms with Gasteiger partial charge in [-0.05, 0) is 37.5 Å². The van der Waals surface area contributed by atoms with Crippen molar-refractivity contribution < 1.29 is 9.53 Å². The van der Waals surface area contributed by atoms with Crippen molar-refractivity contribution in [2.24, 2.45) is 0 Å². The molecule has 25 heavy (non-hydrogen) atoms. The molecule has 1 saturated heterocycles. The first-order valence-electron chi connectivity index (χ1n) is 7.98. The van der Waals surface area contributed by atoms with Crippen molar-refractivity contribution >= 4 is 51.4 Å². The van der Waals surface area contributed by atoms with Crippen molar-refractivity contribution in [3.8, 4) is 0 Å². The summed E-state index contributed by atoms with van der Waals surface area (Å²) in [6.07, 6.45) is 2.45. The van der Waals surface area contributed by atoms with Crippen molar-refractivity contribution in [1.82, 2.24) is 10.2 Å². The summed E-state index contributed by atoms with van der Waals surface area (Å²) < 4.78 is 6.32. The third-order valence-corrected chi connectivity index (χ3v) is 6.20. The molecule has 1 aromatic heterocycles. The van der Waals surface area contributed by atoms with Crippen molar-refractivity contribution in [1.29, 1.82) is 0 Å². The lowest BCUT2D eigenvalue weighted by atomic mass is 10.2. The van der Waals surface area contributed by atoms with E-state index in [1.807, 2.05) is 19.1 Å². The molecule has 1 aliphatic heterocycles. The second kappa shape index (κ2) is 8.84. The van der Waals surface area contributed by atoms with Gasteiger partial charge in [-0.3, -0.25) is 4.79 Å².